The normalized spacial score (nSPS) is 12.4. The highest BCUT2D eigenvalue weighted by atomic mass is 35.5. The monoisotopic (exact) mass is 295 g/mol. The molecule has 4 heteroatoms. The minimum absolute atomic E-state index is 0.00604. The summed E-state index contributed by atoms with van der Waals surface area (Å²) in [5.74, 6) is 0. The maximum Gasteiger partial charge on any atom is 0.0933 e. The number of nitrogens with one attached hydrogen (secondary N) is 1. The molecule has 100 valence electrons. The Bertz CT molecular complexity index is 531. The van der Waals surface area contributed by atoms with Gasteiger partial charge in [0.25, 0.3) is 0 Å². The summed E-state index contributed by atoms with van der Waals surface area (Å²) in [7, 11) is 0. The third kappa shape index (κ3) is 4.22. The lowest BCUT2D eigenvalue weighted by Crippen LogP contribution is -2.19. The van der Waals surface area contributed by atoms with Crippen LogP contribution in [0.1, 0.15) is 24.1 Å². The lowest BCUT2D eigenvalue weighted by molar-refractivity contribution is 0.00700. The van der Waals surface area contributed by atoms with Crippen LogP contribution in [-0.4, -0.2) is 0 Å². The van der Waals surface area contributed by atoms with E-state index in [9.17, 15) is 0 Å². The zero-order valence-corrected chi connectivity index (χ0v) is 12.1. The third-order valence-electron chi connectivity index (χ3n) is 2.77. The molecule has 2 nitrogen and oxygen atoms in total. The molecular formula is C15H15Cl2NO. The molecule has 0 heterocycles. The maximum atomic E-state index is 6.14. The molecule has 0 saturated carbocycles. The number of halogens is 2. The van der Waals surface area contributed by atoms with Crippen molar-refractivity contribution >= 4 is 23.2 Å². The van der Waals surface area contributed by atoms with Gasteiger partial charge in [0.05, 0.1) is 12.6 Å². The molecule has 1 N–H and O–H groups in total. The maximum absolute atomic E-state index is 6.14. The lowest BCUT2D eigenvalue weighted by Gasteiger charge is -2.15. The molecule has 19 heavy (non-hydrogen) atoms. The molecule has 0 aliphatic carbocycles. The second-order valence-electron chi connectivity index (χ2n) is 4.28. The van der Waals surface area contributed by atoms with Gasteiger partial charge in [-0.25, -0.2) is 0 Å². The lowest BCUT2D eigenvalue weighted by atomic mass is 10.1. The van der Waals surface area contributed by atoms with Crippen LogP contribution < -0.4 is 5.48 Å². The molecule has 2 aromatic carbocycles. The Morgan fingerprint density at radius 3 is 2.53 bits per heavy atom. The quantitative estimate of drug-likeness (QED) is 0.802. The average molecular weight is 296 g/mol. The minimum Gasteiger partial charge on any atom is -0.296 e. The van der Waals surface area contributed by atoms with E-state index in [0.717, 1.165) is 11.1 Å². The Morgan fingerprint density at radius 2 is 1.84 bits per heavy atom. The van der Waals surface area contributed by atoms with Gasteiger partial charge in [0.2, 0.25) is 0 Å². The number of hydroxylamine groups is 1. The van der Waals surface area contributed by atoms with E-state index in [0.29, 0.717) is 16.7 Å². The molecule has 2 aromatic rings. The topological polar surface area (TPSA) is 21.3 Å². The Hall–Kier alpha value is -1.06. The fraction of sp³-hybridized carbons (Fsp3) is 0.200. The van der Waals surface area contributed by atoms with Crippen molar-refractivity contribution in [1.82, 2.24) is 5.48 Å². The summed E-state index contributed by atoms with van der Waals surface area (Å²) in [5, 5.41) is 1.27. The SMILES string of the molecule is CC(NOCc1ccccc1)c1ccc(Cl)cc1Cl. The molecule has 0 aliphatic rings. The van der Waals surface area contributed by atoms with Crippen LogP contribution in [0.4, 0.5) is 0 Å². The van der Waals surface area contributed by atoms with Crippen LogP contribution in [0.25, 0.3) is 0 Å². The highest BCUT2D eigenvalue weighted by Crippen LogP contribution is 2.26. The van der Waals surface area contributed by atoms with Crippen molar-refractivity contribution in [3.8, 4) is 0 Å². The Morgan fingerprint density at radius 1 is 1.11 bits per heavy atom. The molecule has 0 spiro atoms. The molecule has 1 unspecified atom stereocenters. The van der Waals surface area contributed by atoms with Crippen molar-refractivity contribution in [3.05, 3.63) is 69.7 Å². The van der Waals surface area contributed by atoms with Gasteiger partial charge in [-0.1, -0.05) is 59.6 Å². The molecule has 0 bridgehead atoms. The molecule has 0 aromatic heterocycles. The summed E-state index contributed by atoms with van der Waals surface area (Å²) in [6.07, 6.45) is 0. The van der Waals surface area contributed by atoms with Gasteiger partial charge in [-0.05, 0) is 30.2 Å². The van der Waals surface area contributed by atoms with Gasteiger partial charge >= 0.3 is 0 Å². The van der Waals surface area contributed by atoms with Gasteiger partial charge in [0, 0.05) is 10.0 Å². The predicted octanol–water partition coefficient (Wildman–Crippen LogP) is 4.78. The second-order valence-corrected chi connectivity index (χ2v) is 5.12. The van der Waals surface area contributed by atoms with E-state index >= 15 is 0 Å². The summed E-state index contributed by atoms with van der Waals surface area (Å²) < 4.78 is 0. The molecule has 0 amide bonds. The van der Waals surface area contributed by atoms with Crippen molar-refractivity contribution < 1.29 is 4.84 Å². The molecule has 2 rings (SSSR count). The fourth-order valence-electron chi connectivity index (χ4n) is 1.74. The van der Waals surface area contributed by atoms with E-state index in [1.54, 1.807) is 6.07 Å². The average Bonchev–Trinajstić information content (AvgIpc) is 2.39. The molecule has 0 radical (unpaired) electrons. The van der Waals surface area contributed by atoms with Crippen LogP contribution in [0, 0.1) is 0 Å². The van der Waals surface area contributed by atoms with Gasteiger partial charge in [0.15, 0.2) is 0 Å². The Balaban J connectivity index is 1.89. The summed E-state index contributed by atoms with van der Waals surface area (Å²) in [5.41, 5.74) is 5.05. The van der Waals surface area contributed by atoms with Gasteiger partial charge in [-0.2, -0.15) is 5.48 Å². The van der Waals surface area contributed by atoms with Crippen molar-refractivity contribution in [2.75, 3.05) is 0 Å². The zero-order valence-electron chi connectivity index (χ0n) is 10.6. The molecule has 0 aliphatic heterocycles. The Kier molecular flexibility index (Phi) is 5.23. The summed E-state index contributed by atoms with van der Waals surface area (Å²) in [6, 6.07) is 15.4. The summed E-state index contributed by atoms with van der Waals surface area (Å²) in [4.78, 5) is 5.48. The van der Waals surface area contributed by atoms with Crippen LogP contribution >= 0.6 is 23.2 Å². The summed E-state index contributed by atoms with van der Waals surface area (Å²) in [6.45, 7) is 2.50. The van der Waals surface area contributed by atoms with Crippen LogP contribution in [-0.2, 0) is 11.4 Å². The molecular weight excluding hydrogens is 281 g/mol. The van der Waals surface area contributed by atoms with Crippen LogP contribution in [0.15, 0.2) is 48.5 Å². The second kappa shape index (κ2) is 6.92. The first-order chi connectivity index (χ1) is 9.16. The van der Waals surface area contributed by atoms with Gasteiger partial charge in [-0.3, -0.25) is 4.84 Å². The zero-order chi connectivity index (χ0) is 13.7. The smallest absolute Gasteiger partial charge is 0.0933 e. The predicted molar refractivity (Wildman–Crippen MR) is 79.2 cm³/mol. The van der Waals surface area contributed by atoms with Crippen molar-refractivity contribution in [3.63, 3.8) is 0 Å². The molecule has 1 atom stereocenters. The number of rotatable bonds is 5. The van der Waals surface area contributed by atoms with E-state index in [1.165, 1.54) is 0 Å². The molecule has 0 fully saturated rings. The van der Waals surface area contributed by atoms with E-state index in [-0.39, 0.29) is 6.04 Å². The van der Waals surface area contributed by atoms with Crippen LogP contribution in [0.5, 0.6) is 0 Å². The van der Waals surface area contributed by atoms with Crippen molar-refractivity contribution in [2.24, 2.45) is 0 Å². The largest absolute Gasteiger partial charge is 0.296 e. The first-order valence-corrected chi connectivity index (χ1v) is 6.78. The number of hydrogen-bond acceptors (Lipinski definition) is 2. The number of benzene rings is 2. The Labute approximate surface area is 123 Å². The summed E-state index contributed by atoms with van der Waals surface area (Å²) >= 11 is 12.0. The van der Waals surface area contributed by atoms with E-state index in [2.05, 4.69) is 5.48 Å². The van der Waals surface area contributed by atoms with Crippen LogP contribution in [0.2, 0.25) is 10.0 Å². The van der Waals surface area contributed by atoms with E-state index in [4.69, 9.17) is 28.0 Å². The van der Waals surface area contributed by atoms with E-state index in [1.807, 2.05) is 49.4 Å². The van der Waals surface area contributed by atoms with Crippen molar-refractivity contribution in [2.45, 2.75) is 19.6 Å². The van der Waals surface area contributed by atoms with Crippen LogP contribution in [0.3, 0.4) is 0 Å². The van der Waals surface area contributed by atoms with Gasteiger partial charge in [0.1, 0.15) is 0 Å². The third-order valence-corrected chi connectivity index (χ3v) is 3.33. The fourth-order valence-corrected chi connectivity index (χ4v) is 2.31. The number of hydrogen-bond donors (Lipinski definition) is 1. The first kappa shape index (κ1) is 14.4. The highest BCUT2D eigenvalue weighted by Gasteiger charge is 2.09. The standard InChI is InChI=1S/C15H15Cl2NO/c1-11(14-8-7-13(16)9-15(14)17)18-19-10-12-5-3-2-4-6-12/h2-9,11,18H,10H2,1H3. The van der Waals surface area contributed by atoms with Gasteiger partial charge in [-0.15, -0.1) is 0 Å². The minimum atomic E-state index is -0.00604. The highest BCUT2D eigenvalue weighted by molar-refractivity contribution is 6.35. The first-order valence-electron chi connectivity index (χ1n) is 6.03. The molecule has 0 saturated heterocycles. The van der Waals surface area contributed by atoms with E-state index < -0.39 is 0 Å². The van der Waals surface area contributed by atoms with Crippen molar-refractivity contribution in [1.29, 1.82) is 0 Å². The van der Waals surface area contributed by atoms with Gasteiger partial charge < -0.3 is 0 Å².